The molecule has 1 spiro atoms. The van der Waals surface area contributed by atoms with E-state index < -0.39 is 21.2 Å². The van der Waals surface area contributed by atoms with Gasteiger partial charge in [-0.1, -0.05) is 51.4 Å². The van der Waals surface area contributed by atoms with Gasteiger partial charge in [-0.15, -0.1) is 0 Å². The van der Waals surface area contributed by atoms with E-state index in [1.165, 1.54) is 21.6 Å². The lowest BCUT2D eigenvalue weighted by Gasteiger charge is -2.57. The van der Waals surface area contributed by atoms with Gasteiger partial charge in [-0.05, 0) is 26.3 Å². The lowest BCUT2D eigenvalue weighted by molar-refractivity contribution is -0.164. The number of aryl methyl sites for hydroxylation is 1. The van der Waals surface area contributed by atoms with E-state index in [2.05, 4.69) is 6.07 Å². The molecule has 7 heteroatoms. The first kappa shape index (κ1) is 16.8. The largest absolute Gasteiger partial charge is 0.319 e. The molecule has 0 radical (unpaired) electrons. The van der Waals surface area contributed by atoms with Gasteiger partial charge in [0.25, 0.3) is 11.8 Å². The first-order valence-electron chi connectivity index (χ1n) is 8.16. The van der Waals surface area contributed by atoms with Crippen molar-refractivity contribution in [2.45, 2.75) is 43.0 Å². The fourth-order valence-corrected chi connectivity index (χ4v) is 7.75. The van der Waals surface area contributed by atoms with Crippen molar-refractivity contribution in [3.05, 3.63) is 35.4 Å². The molecular weight excluding hydrogens is 354 g/mol. The summed E-state index contributed by atoms with van der Waals surface area (Å²) in [5.41, 5.74) is 1.22. The van der Waals surface area contributed by atoms with E-state index in [4.69, 9.17) is 0 Å². The van der Waals surface area contributed by atoms with Crippen LogP contribution in [0, 0.1) is 23.7 Å². The smallest absolute Gasteiger partial charge is 0.261 e. The second-order valence-corrected chi connectivity index (χ2v) is 10.3. The minimum Gasteiger partial charge on any atom is -0.319 e. The highest BCUT2D eigenvalue weighted by molar-refractivity contribution is 8.78. The molecule has 5 rings (SSSR count). The predicted molar refractivity (Wildman–Crippen MR) is 98.2 cm³/mol. The van der Waals surface area contributed by atoms with Gasteiger partial charge < -0.3 is 9.80 Å². The highest BCUT2D eigenvalue weighted by atomic mass is 33.1. The number of nitrogens with zero attached hydrogens (tertiary/aromatic N) is 3. The molecule has 2 unspecified atom stereocenters. The van der Waals surface area contributed by atoms with Crippen LogP contribution in [-0.4, -0.2) is 38.4 Å². The van der Waals surface area contributed by atoms with Gasteiger partial charge in [0.2, 0.25) is 0 Å². The SMILES string of the molecule is Cc1ccc(C2N3C(=O)C4(C)SS[C@@]3(C[C@]2(C)C#N)C(=O)N4C)cc1. The quantitative estimate of drug-likeness (QED) is 0.708. The van der Waals surface area contributed by atoms with Crippen molar-refractivity contribution in [2.24, 2.45) is 5.41 Å². The number of rotatable bonds is 1. The molecule has 0 N–H and O–H groups in total. The number of piperazine rings is 1. The number of hydrogen-bond donors (Lipinski definition) is 0. The van der Waals surface area contributed by atoms with Crippen molar-refractivity contribution in [3.63, 3.8) is 0 Å². The van der Waals surface area contributed by atoms with Crippen LogP contribution in [0.5, 0.6) is 0 Å². The molecule has 0 aliphatic carbocycles. The molecule has 0 aromatic heterocycles. The number of carbonyl (C=O) groups excluding carboxylic acids is 2. The van der Waals surface area contributed by atoms with Crippen LogP contribution in [0.15, 0.2) is 24.3 Å². The molecule has 4 fully saturated rings. The zero-order chi connectivity index (χ0) is 18.2. The van der Waals surface area contributed by atoms with Gasteiger partial charge in [-0.25, -0.2) is 0 Å². The molecule has 4 atom stereocenters. The number of hydrogen-bond acceptors (Lipinski definition) is 5. The average Bonchev–Trinajstić information content (AvgIpc) is 2.87. The van der Waals surface area contributed by atoms with Gasteiger partial charge in [-0.2, -0.15) is 5.26 Å². The molecule has 4 aliphatic rings. The van der Waals surface area contributed by atoms with E-state index in [1.54, 1.807) is 23.8 Å². The maximum atomic E-state index is 13.4. The molecule has 2 bridgehead atoms. The Hall–Kier alpha value is -1.65. The van der Waals surface area contributed by atoms with Crippen molar-refractivity contribution in [1.82, 2.24) is 9.80 Å². The molecule has 130 valence electrons. The summed E-state index contributed by atoms with van der Waals surface area (Å²) in [5.74, 6) is -0.155. The summed E-state index contributed by atoms with van der Waals surface area (Å²) in [6, 6.07) is 9.92. The van der Waals surface area contributed by atoms with E-state index in [0.717, 1.165) is 11.1 Å². The highest BCUT2D eigenvalue weighted by Crippen LogP contribution is 2.69. The third-order valence-corrected chi connectivity index (χ3v) is 9.44. The Morgan fingerprint density at radius 1 is 1.16 bits per heavy atom. The lowest BCUT2D eigenvalue weighted by atomic mass is 9.79. The molecule has 1 aromatic carbocycles. The molecule has 25 heavy (non-hydrogen) atoms. The van der Waals surface area contributed by atoms with E-state index >= 15 is 0 Å². The standard InChI is InChI=1S/C18H19N3O2S2/c1-11-5-7-12(8-6-11)13-16(2,10-19)9-18-15(23)20(4)17(3,24-25-18)14(22)21(13)18/h5-8,13H,9H2,1-4H3/t13?,16-,17?,18+/m1/s1. The number of benzene rings is 1. The number of nitriles is 1. The Bertz CT molecular complexity index is 836. The first-order valence-corrected chi connectivity index (χ1v) is 10.3. The van der Waals surface area contributed by atoms with E-state index in [-0.39, 0.29) is 11.8 Å². The van der Waals surface area contributed by atoms with Crippen LogP contribution < -0.4 is 0 Å². The highest BCUT2D eigenvalue weighted by Gasteiger charge is 2.74. The minimum atomic E-state index is -0.992. The molecule has 4 saturated heterocycles. The van der Waals surface area contributed by atoms with Crippen molar-refractivity contribution in [3.8, 4) is 6.07 Å². The summed E-state index contributed by atoms with van der Waals surface area (Å²) in [6.45, 7) is 5.66. The summed E-state index contributed by atoms with van der Waals surface area (Å²) in [6.07, 6.45) is 0.345. The molecule has 0 saturated carbocycles. The Kier molecular flexibility index (Phi) is 3.33. The van der Waals surface area contributed by atoms with Crippen molar-refractivity contribution >= 4 is 33.4 Å². The van der Waals surface area contributed by atoms with Gasteiger partial charge in [0.15, 0.2) is 9.74 Å². The fraction of sp³-hybridized carbons (Fsp3) is 0.500. The number of carbonyl (C=O) groups is 2. The van der Waals surface area contributed by atoms with Crippen LogP contribution in [0.2, 0.25) is 0 Å². The Labute approximate surface area is 155 Å². The Morgan fingerprint density at radius 3 is 2.40 bits per heavy atom. The van der Waals surface area contributed by atoms with Gasteiger partial charge in [0.05, 0.1) is 17.5 Å². The summed E-state index contributed by atoms with van der Waals surface area (Å²) in [4.78, 5) is 27.9. The third-order valence-electron chi connectivity index (χ3n) is 5.74. The van der Waals surface area contributed by atoms with Crippen molar-refractivity contribution < 1.29 is 9.59 Å². The fourth-order valence-electron chi connectivity index (χ4n) is 4.17. The van der Waals surface area contributed by atoms with Crippen molar-refractivity contribution in [1.29, 1.82) is 5.26 Å². The van der Waals surface area contributed by atoms with E-state index in [0.29, 0.717) is 6.42 Å². The average molecular weight is 374 g/mol. The molecule has 1 aromatic rings. The monoisotopic (exact) mass is 373 g/mol. The molecular formula is C18H19N3O2S2. The van der Waals surface area contributed by atoms with Gasteiger partial charge in [0.1, 0.15) is 0 Å². The Balaban J connectivity index is 1.93. The maximum absolute atomic E-state index is 13.4. The predicted octanol–water partition coefficient (Wildman–Crippen LogP) is 3.08. The minimum absolute atomic E-state index is 0.0746. The van der Waals surface area contributed by atoms with Crippen LogP contribution in [0.4, 0.5) is 0 Å². The first-order chi connectivity index (χ1) is 11.7. The Morgan fingerprint density at radius 2 is 1.80 bits per heavy atom. The number of amides is 2. The number of likely N-dealkylation sites (N-methyl/N-ethyl adjacent to an activating group) is 1. The zero-order valence-corrected chi connectivity index (χ0v) is 16.2. The van der Waals surface area contributed by atoms with Crippen molar-refractivity contribution in [2.75, 3.05) is 7.05 Å². The molecule has 4 heterocycles. The van der Waals surface area contributed by atoms with Crippen LogP contribution in [0.25, 0.3) is 0 Å². The van der Waals surface area contributed by atoms with Crippen LogP contribution in [-0.2, 0) is 9.59 Å². The number of fused-ring (bicyclic) bond motifs is 2. The second-order valence-electron chi connectivity index (χ2n) is 7.49. The second kappa shape index (κ2) is 4.95. The van der Waals surface area contributed by atoms with Crippen LogP contribution in [0.3, 0.4) is 0 Å². The van der Waals surface area contributed by atoms with Gasteiger partial charge >= 0.3 is 0 Å². The lowest BCUT2D eigenvalue weighted by Crippen LogP contribution is -2.73. The van der Waals surface area contributed by atoms with Gasteiger partial charge in [-0.3, -0.25) is 9.59 Å². The van der Waals surface area contributed by atoms with E-state index in [1.807, 2.05) is 38.1 Å². The van der Waals surface area contributed by atoms with Gasteiger partial charge in [0, 0.05) is 13.5 Å². The summed E-state index contributed by atoms with van der Waals surface area (Å²) in [5, 5.41) is 9.96. The molecule has 5 nitrogen and oxygen atoms in total. The third kappa shape index (κ3) is 1.87. The summed E-state index contributed by atoms with van der Waals surface area (Å²) < 4.78 is 0. The topological polar surface area (TPSA) is 64.4 Å². The maximum Gasteiger partial charge on any atom is 0.261 e. The zero-order valence-electron chi connectivity index (χ0n) is 14.6. The molecule has 4 aliphatic heterocycles. The molecule has 2 amide bonds. The van der Waals surface area contributed by atoms with Crippen LogP contribution >= 0.6 is 21.6 Å². The van der Waals surface area contributed by atoms with Crippen LogP contribution in [0.1, 0.15) is 37.4 Å². The summed E-state index contributed by atoms with van der Waals surface area (Å²) >= 11 is 0. The normalized spacial score (nSPS) is 39.6. The van der Waals surface area contributed by atoms with E-state index in [9.17, 15) is 14.9 Å². The summed E-state index contributed by atoms with van der Waals surface area (Å²) in [7, 11) is 4.57.